The molecule has 0 aromatic rings. The summed E-state index contributed by atoms with van der Waals surface area (Å²) in [5.74, 6) is 1.94. The van der Waals surface area contributed by atoms with Gasteiger partial charge in [-0.3, -0.25) is 0 Å². The fourth-order valence-electron chi connectivity index (χ4n) is 3.21. The lowest BCUT2D eigenvalue weighted by Gasteiger charge is -2.26. The largest absolute Gasteiger partial charge is 0.393 e. The molecule has 0 bridgehead atoms. The summed E-state index contributed by atoms with van der Waals surface area (Å²) in [7, 11) is 0. The van der Waals surface area contributed by atoms with Crippen molar-refractivity contribution < 1.29 is 9.90 Å². The number of nitrogens with one attached hydrogen (secondary N) is 2. The molecule has 0 aliphatic heterocycles. The first-order valence-electron chi connectivity index (χ1n) is 8.17. The number of urea groups is 1. The van der Waals surface area contributed by atoms with Gasteiger partial charge in [0.05, 0.1) is 6.10 Å². The molecular formula is C16H32N2O2. The summed E-state index contributed by atoms with van der Waals surface area (Å²) < 4.78 is 0. The number of hydrogen-bond donors (Lipinski definition) is 3. The van der Waals surface area contributed by atoms with Gasteiger partial charge < -0.3 is 15.7 Å². The molecule has 20 heavy (non-hydrogen) atoms. The molecule has 3 N–H and O–H groups in total. The molecule has 1 aliphatic rings. The van der Waals surface area contributed by atoms with Crippen LogP contribution in [0.25, 0.3) is 0 Å². The Balaban J connectivity index is 2.05. The third-order valence-electron chi connectivity index (χ3n) is 4.24. The lowest BCUT2D eigenvalue weighted by Crippen LogP contribution is -2.39. The molecule has 4 heteroatoms. The van der Waals surface area contributed by atoms with Gasteiger partial charge in [0.15, 0.2) is 0 Å². The maximum absolute atomic E-state index is 11.7. The predicted molar refractivity (Wildman–Crippen MR) is 82.6 cm³/mol. The van der Waals surface area contributed by atoms with Crippen molar-refractivity contribution in [3.05, 3.63) is 0 Å². The highest BCUT2D eigenvalue weighted by atomic mass is 16.3. The minimum Gasteiger partial charge on any atom is -0.393 e. The fourth-order valence-corrected chi connectivity index (χ4v) is 3.21. The summed E-state index contributed by atoms with van der Waals surface area (Å²) in [5.41, 5.74) is 0. The van der Waals surface area contributed by atoms with Crippen LogP contribution in [0.3, 0.4) is 0 Å². The zero-order valence-electron chi connectivity index (χ0n) is 13.3. The molecule has 0 aromatic carbocycles. The van der Waals surface area contributed by atoms with E-state index in [1.165, 1.54) is 25.7 Å². The number of rotatable bonds is 7. The van der Waals surface area contributed by atoms with E-state index in [4.69, 9.17) is 0 Å². The zero-order chi connectivity index (χ0) is 15.0. The number of hydrogen-bond acceptors (Lipinski definition) is 2. The van der Waals surface area contributed by atoms with Crippen LogP contribution in [0.1, 0.15) is 59.3 Å². The quantitative estimate of drug-likeness (QED) is 0.673. The van der Waals surface area contributed by atoms with Crippen LogP contribution in [0.5, 0.6) is 0 Å². The molecule has 2 amide bonds. The van der Waals surface area contributed by atoms with Crippen LogP contribution in [-0.2, 0) is 0 Å². The minimum atomic E-state index is -0.303. The van der Waals surface area contributed by atoms with E-state index in [2.05, 4.69) is 17.6 Å². The lowest BCUT2D eigenvalue weighted by molar-refractivity contribution is 0.163. The maximum Gasteiger partial charge on any atom is 0.314 e. The highest BCUT2D eigenvalue weighted by Gasteiger charge is 2.18. The van der Waals surface area contributed by atoms with Gasteiger partial charge in [-0.15, -0.1) is 0 Å². The minimum absolute atomic E-state index is 0.0775. The summed E-state index contributed by atoms with van der Waals surface area (Å²) in [6, 6.07) is -0.0775. The average molecular weight is 284 g/mol. The van der Waals surface area contributed by atoms with Gasteiger partial charge in [0.25, 0.3) is 0 Å². The van der Waals surface area contributed by atoms with Crippen LogP contribution in [-0.4, -0.2) is 30.3 Å². The molecule has 0 aromatic heterocycles. The first-order valence-corrected chi connectivity index (χ1v) is 8.17. The summed E-state index contributed by atoms with van der Waals surface area (Å²) >= 11 is 0. The van der Waals surface area contributed by atoms with E-state index in [-0.39, 0.29) is 12.1 Å². The highest BCUT2D eigenvalue weighted by molar-refractivity contribution is 5.73. The number of aliphatic hydroxyl groups excluding tert-OH is 1. The Morgan fingerprint density at radius 2 is 2.05 bits per heavy atom. The molecule has 0 radical (unpaired) electrons. The molecule has 1 aliphatic carbocycles. The first kappa shape index (κ1) is 17.3. The Labute approximate surface area is 123 Å². The molecule has 1 rings (SSSR count). The maximum atomic E-state index is 11.7. The van der Waals surface area contributed by atoms with Gasteiger partial charge in [0.1, 0.15) is 0 Å². The molecule has 0 spiro atoms. The van der Waals surface area contributed by atoms with E-state index in [1.807, 2.05) is 6.92 Å². The number of carbonyl (C=O) groups is 1. The topological polar surface area (TPSA) is 61.4 Å². The van der Waals surface area contributed by atoms with E-state index in [9.17, 15) is 9.90 Å². The van der Waals surface area contributed by atoms with Gasteiger partial charge in [-0.05, 0) is 43.9 Å². The van der Waals surface area contributed by atoms with Crippen LogP contribution >= 0.6 is 0 Å². The second-order valence-corrected chi connectivity index (χ2v) is 6.75. The van der Waals surface area contributed by atoms with Crippen molar-refractivity contribution in [3.63, 3.8) is 0 Å². The lowest BCUT2D eigenvalue weighted by atomic mass is 9.81. The van der Waals surface area contributed by atoms with Crippen LogP contribution in [0, 0.1) is 17.8 Å². The summed E-state index contributed by atoms with van der Waals surface area (Å²) in [4.78, 5) is 11.7. The second kappa shape index (κ2) is 9.22. The van der Waals surface area contributed by atoms with Crippen LogP contribution in [0.4, 0.5) is 4.79 Å². The van der Waals surface area contributed by atoms with Crippen molar-refractivity contribution in [2.75, 3.05) is 13.1 Å². The summed E-state index contributed by atoms with van der Waals surface area (Å²) in [5, 5.41) is 15.1. The first-order chi connectivity index (χ1) is 9.47. The van der Waals surface area contributed by atoms with Gasteiger partial charge in [-0.2, -0.15) is 0 Å². The van der Waals surface area contributed by atoms with Gasteiger partial charge in [-0.25, -0.2) is 4.79 Å². The average Bonchev–Trinajstić information content (AvgIpc) is 2.36. The third-order valence-corrected chi connectivity index (χ3v) is 4.24. The standard InChI is InChI=1S/C16H32N2O2/c1-12-5-4-6-15(10-12)7-8-17-16(20)18-11-13(2)9-14(3)19/h12-15,19H,4-11H2,1-3H3,(H2,17,18,20). The van der Waals surface area contributed by atoms with Crippen LogP contribution < -0.4 is 10.6 Å². The predicted octanol–water partition coefficient (Wildman–Crippen LogP) is 2.91. The Morgan fingerprint density at radius 3 is 2.70 bits per heavy atom. The van der Waals surface area contributed by atoms with E-state index in [1.54, 1.807) is 6.92 Å². The van der Waals surface area contributed by atoms with Crippen LogP contribution in [0.2, 0.25) is 0 Å². The molecule has 4 atom stereocenters. The van der Waals surface area contributed by atoms with Gasteiger partial charge in [-0.1, -0.05) is 33.1 Å². The van der Waals surface area contributed by atoms with E-state index in [0.29, 0.717) is 12.5 Å². The fraction of sp³-hybridized carbons (Fsp3) is 0.938. The van der Waals surface area contributed by atoms with Gasteiger partial charge in [0.2, 0.25) is 0 Å². The molecule has 0 heterocycles. The highest BCUT2D eigenvalue weighted by Crippen LogP contribution is 2.30. The summed E-state index contributed by atoms with van der Waals surface area (Å²) in [6.07, 6.45) is 6.86. The van der Waals surface area contributed by atoms with Crippen molar-refractivity contribution in [2.24, 2.45) is 17.8 Å². The van der Waals surface area contributed by atoms with Crippen molar-refractivity contribution in [3.8, 4) is 0 Å². The SMILES string of the molecule is CC(O)CC(C)CNC(=O)NCCC1CCCC(C)C1. The summed E-state index contributed by atoms with van der Waals surface area (Å²) in [6.45, 7) is 7.54. The van der Waals surface area contributed by atoms with Crippen molar-refractivity contribution in [1.82, 2.24) is 10.6 Å². The van der Waals surface area contributed by atoms with Crippen LogP contribution in [0.15, 0.2) is 0 Å². The molecular weight excluding hydrogens is 252 g/mol. The molecule has 1 fully saturated rings. The van der Waals surface area contributed by atoms with Crippen molar-refractivity contribution in [2.45, 2.75) is 65.4 Å². The van der Waals surface area contributed by atoms with Crippen molar-refractivity contribution in [1.29, 1.82) is 0 Å². The Kier molecular flexibility index (Phi) is 7.97. The third kappa shape index (κ3) is 7.73. The monoisotopic (exact) mass is 284 g/mol. The van der Waals surface area contributed by atoms with E-state index < -0.39 is 0 Å². The smallest absolute Gasteiger partial charge is 0.314 e. The van der Waals surface area contributed by atoms with E-state index in [0.717, 1.165) is 31.2 Å². The molecule has 1 saturated carbocycles. The molecule has 118 valence electrons. The van der Waals surface area contributed by atoms with Gasteiger partial charge in [0, 0.05) is 13.1 Å². The zero-order valence-corrected chi connectivity index (χ0v) is 13.3. The molecule has 4 nitrogen and oxygen atoms in total. The second-order valence-electron chi connectivity index (χ2n) is 6.75. The molecule has 0 saturated heterocycles. The van der Waals surface area contributed by atoms with Gasteiger partial charge >= 0.3 is 6.03 Å². The Hall–Kier alpha value is -0.770. The molecule has 4 unspecified atom stereocenters. The Morgan fingerprint density at radius 1 is 1.30 bits per heavy atom. The normalized spacial score (nSPS) is 25.8. The van der Waals surface area contributed by atoms with Crippen molar-refractivity contribution >= 4 is 6.03 Å². The number of amides is 2. The number of aliphatic hydroxyl groups is 1. The Bertz CT molecular complexity index is 282. The number of carbonyl (C=O) groups excluding carboxylic acids is 1. The van der Waals surface area contributed by atoms with E-state index >= 15 is 0 Å².